The normalized spacial score (nSPS) is 18.0. The van der Waals surface area contributed by atoms with Crippen LogP contribution in [0.15, 0.2) is 35.7 Å². The molecular weight excluding hydrogens is 313 g/mol. The molecule has 0 spiro atoms. The Bertz CT molecular complexity index is 624. The summed E-state index contributed by atoms with van der Waals surface area (Å²) in [6, 6.07) is 8.69. The van der Waals surface area contributed by atoms with Gasteiger partial charge in [0.2, 0.25) is 0 Å². The third kappa shape index (κ3) is 3.91. The molecule has 3 rings (SSSR count). The highest BCUT2D eigenvalue weighted by molar-refractivity contribution is 7.10. The molecule has 1 fully saturated rings. The molecule has 1 N–H and O–H groups in total. The molecule has 1 saturated heterocycles. The number of ether oxygens (including phenoxy) is 1. The number of likely N-dealkylation sites (tertiary alicyclic amines) is 1. The Morgan fingerprint density at radius 1 is 1.35 bits per heavy atom. The number of nitrogens with zero attached hydrogens (tertiary/aromatic N) is 1. The van der Waals surface area contributed by atoms with Gasteiger partial charge in [-0.3, -0.25) is 4.90 Å². The van der Waals surface area contributed by atoms with E-state index in [1.54, 1.807) is 24.5 Å². The van der Waals surface area contributed by atoms with Crippen LogP contribution in [0.5, 0.6) is 5.75 Å². The van der Waals surface area contributed by atoms with Gasteiger partial charge in [0.15, 0.2) is 0 Å². The van der Waals surface area contributed by atoms with Crippen molar-refractivity contribution in [2.75, 3.05) is 20.2 Å². The largest absolute Gasteiger partial charge is 0.496 e. The van der Waals surface area contributed by atoms with Crippen molar-refractivity contribution in [1.82, 2.24) is 4.90 Å². The van der Waals surface area contributed by atoms with Crippen LogP contribution in [0.4, 0.5) is 4.39 Å². The zero-order valence-electron chi connectivity index (χ0n) is 13.2. The maximum atomic E-state index is 13.3. The highest BCUT2D eigenvalue weighted by atomic mass is 32.1. The second-order valence-corrected chi connectivity index (χ2v) is 7.01. The molecule has 2 heterocycles. The van der Waals surface area contributed by atoms with Crippen molar-refractivity contribution in [3.8, 4) is 5.75 Å². The minimum absolute atomic E-state index is 0.275. The molecule has 1 atom stereocenters. The van der Waals surface area contributed by atoms with Gasteiger partial charge in [0.25, 0.3) is 0 Å². The highest BCUT2D eigenvalue weighted by Gasteiger charge is 2.27. The highest BCUT2D eigenvalue weighted by Crippen LogP contribution is 2.33. The topological polar surface area (TPSA) is 32.7 Å². The average molecular weight is 335 g/mol. The number of thiophene rings is 1. The second-order valence-electron chi connectivity index (χ2n) is 6.03. The molecule has 1 aromatic carbocycles. The fourth-order valence-electron chi connectivity index (χ4n) is 3.21. The van der Waals surface area contributed by atoms with Crippen LogP contribution in [0, 0.1) is 11.7 Å². The van der Waals surface area contributed by atoms with Crippen molar-refractivity contribution in [3.63, 3.8) is 0 Å². The summed E-state index contributed by atoms with van der Waals surface area (Å²) in [6.07, 6.45) is 1.60. The van der Waals surface area contributed by atoms with E-state index < -0.39 is 0 Å². The fourth-order valence-corrected chi connectivity index (χ4v) is 4.01. The summed E-state index contributed by atoms with van der Waals surface area (Å²) in [5.41, 5.74) is 1.01. The summed E-state index contributed by atoms with van der Waals surface area (Å²) in [7, 11) is 1.57. The third-order valence-electron chi connectivity index (χ3n) is 4.56. The van der Waals surface area contributed by atoms with Crippen molar-refractivity contribution >= 4 is 11.3 Å². The maximum Gasteiger partial charge on any atom is 0.126 e. The number of rotatable bonds is 5. The monoisotopic (exact) mass is 335 g/mol. The lowest BCUT2D eigenvalue weighted by Crippen LogP contribution is -2.35. The van der Waals surface area contributed by atoms with Crippen molar-refractivity contribution in [2.45, 2.75) is 25.5 Å². The van der Waals surface area contributed by atoms with Crippen LogP contribution in [0.25, 0.3) is 0 Å². The lowest BCUT2D eigenvalue weighted by Gasteiger charge is -2.34. The SMILES string of the molecule is COc1cc(F)ccc1CN1CCC(C(O)c2cccs2)CC1. The van der Waals surface area contributed by atoms with E-state index in [1.807, 2.05) is 17.5 Å². The predicted molar refractivity (Wildman–Crippen MR) is 90.2 cm³/mol. The van der Waals surface area contributed by atoms with E-state index >= 15 is 0 Å². The maximum absolute atomic E-state index is 13.3. The zero-order valence-corrected chi connectivity index (χ0v) is 14.1. The van der Waals surface area contributed by atoms with E-state index in [0.717, 1.165) is 42.9 Å². The number of hydrogen-bond acceptors (Lipinski definition) is 4. The van der Waals surface area contributed by atoms with Crippen LogP contribution in [0.1, 0.15) is 29.4 Å². The smallest absolute Gasteiger partial charge is 0.126 e. The van der Waals surface area contributed by atoms with Crippen LogP contribution >= 0.6 is 11.3 Å². The first-order valence-corrected chi connectivity index (χ1v) is 8.81. The van der Waals surface area contributed by atoms with E-state index in [4.69, 9.17) is 4.74 Å². The molecule has 1 unspecified atom stereocenters. The minimum atomic E-state index is -0.350. The standard InChI is InChI=1S/C18H22FNO2S/c1-22-16-11-15(19)5-4-14(16)12-20-8-6-13(7-9-20)18(21)17-3-2-10-23-17/h2-5,10-11,13,18,21H,6-9,12H2,1H3. The second kappa shape index (κ2) is 7.43. The van der Waals surface area contributed by atoms with E-state index in [9.17, 15) is 9.50 Å². The number of halogens is 1. The summed E-state index contributed by atoms with van der Waals surface area (Å²) in [4.78, 5) is 3.40. The predicted octanol–water partition coefficient (Wildman–Crippen LogP) is 3.84. The molecule has 0 bridgehead atoms. The molecule has 3 nitrogen and oxygen atoms in total. The molecule has 0 radical (unpaired) electrons. The summed E-state index contributed by atoms with van der Waals surface area (Å²) >= 11 is 1.62. The van der Waals surface area contributed by atoms with Crippen LogP contribution in [0.2, 0.25) is 0 Å². The number of aliphatic hydroxyl groups is 1. The van der Waals surface area contributed by atoms with Gasteiger partial charge in [0.05, 0.1) is 13.2 Å². The van der Waals surface area contributed by atoms with Crippen LogP contribution in [-0.2, 0) is 6.54 Å². The molecule has 23 heavy (non-hydrogen) atoms. The summed E-state index contributed by atoms with van der Waals surface area (Å²) in [5, 5.41) is 12.5. The van der Waals surface area contributed by atoms with Gasteiger partial charge in [-0.05, 0) is 49.4 Å². The molecule has 0 saturated carbocycles. The molecule has 1 aromatic heterocycles. The molecule has 1 aliphatic rings. The van der Waals surface area contributed by atoms with Crippen LogP contribution in [0.3, 0.4) is 0 Å². The number of methoxy groups -OCH3 is 1. The Balaban J connectivity index is 1.57. The van der Waals surface area contributed by atoms with Gasteiger partial charge in [0, 0.05) is 23.1 Å². The van der Waals surface area contributed by atoms with E-state index in [-0.39, 0.29) is 11.9 Å². The molecule has 2 aromatic rings. The summed E-state index contributed by atoms with van der Waals surface area (Å²) < 4.78 is 18.5. The molecule has 1 aliphatic heterocycles. The molecule has 0 aliphatic carbocycles. The Kier molecular flexibility index (Phi) is 5.30. The van der Waals surface area contributed by atoms with E-state index in [2.05, 4.69) is 4.90 Å². The third-order valence-corrected chi connectivity index (χ3v) is 5.50. The number of piperidine rings is 1. The van der Waals surface area contributed by atoms with E-state index in [0.29, 0.717) is 11.7 Å². The summed E-state index contributed by atoms with van der Waals surface area (Å²) in [6.45, 7) is 2.63. The lowest BCUT2D eigenvalue weighted by atomic mass is 9.90. The van der Waals surface area contributed by atoms with Gasteiger partial charge in [-0.25, -0.2) is 4.39 Å². The first-order chi connectivity index (χ1) is 11.2. The van der Waals surface area contributed by atoms with Crippen molar-refractivity contribution < 1.29 is 14.2 Å². The van der Waals surface area contributed by atoms with Crippen molar-refractivity contribution in [2.24, 2.45) is 5.92 Å². The molecule has 5 heteroatoms. The first-order valence-electron chi connectivity index (χ1n) is 7.93. The lowest BCUT2D eigenvalue weighted by molar-refractivity contribution is 0.0588. The van der Waals surface area contributed by atoms with E-state index in [1.165, 1.54) is 12.1 Å². The minimum Gasteiger partial charge on any atom is -0.496 e. The van der Waals surface area contributed by atoms with Gasteiger partial charge < -0.3 is 9.84 Å². The van der Waals surface area contributed by atoms with Gasteiger partial charge in [-0.1, -0.05) is 12.1 Å². The molecular formula is C18H22FNO2S. The quantitative estimate of drug-likeness (QED) is 0.901. The Hall–Kier alpha value is -1.43. The average Bonchev–Trinajstić information content (AvgIpc) is 3.11. The zero-order chi connectivity index (χ0) is 16.2. The van der Waals surface area contributed by atoms with Gasteiger partial charge in [-0.2, -0.15) is 0 Å². The summed E-state index contributed by atoms with van der Waals surface area (Å²) in [5.74, 6) is 0.647. The van der Waals surface area contributed by atoms with Crippen LogP contribution in [-0.4, -0.2) is 30.2 Å². The first kappa shape index (κ1) is 16.4. The Morgan fingerprint density at radius 2 is 2.13 bits per heavy atom. The van der Waals surface area contributed by atoms with Crippen LogP contribution < -0.4 is 4.74 Å². The van der Waals surface area contributed by atoms with Gasteiger partial charge >= 0.3 is 0 Å². The Labute approximate surface area is 140 Å². The number of aliphatic hydroxyl groups excluding tert-OH is 1. The molecule has 124 valence electrons. The molecule has 0 amide bonds. The number of hydrogen-bond donors (Lipinski definition) is 1. The van der Waals surface area contributed by atoms with Gasteiger partial charge in [-0.15, -0.1) is 11.3 Å². The van der Waals surface area contributed by atoms with Crippen molar-refractivity contribution in [3.05, 3.63) is 52.0 Å². The van der Waals surface area contributed by atoms with Gasteiger partial charge in [0.1, 0.15) is 11.6 Å². The Morgan fingerprint density at radius 3 is 2.78 bits per heavy atom. The number of benzene rings is 1. The van der Waals surface area contributed by atoms with Crippen molar-refractivity contribution in [1.29, 1.82) is 0 Å². The fraction of sp³-hybridized carbons (Fsp3) is 0.444.